The van der Waals surface area contributed by atoms with Crippen LogP contribution in [-0.4, -0.2) is 41.0 Å². The highest BCUT2D eigenvalue weighted by atomic mass is 35.5. The topological polar surface area (TPSA) is 43.9 Å². The van der Waals surface area contributed by atoms with Gasteiger partial charge in [-0.3, -0.25) is 9.59 Å². The van der Waals surface area contributed by atoms with Crippen LogP contribution in [0.5, 0.6) is 0 Å². The first-order chi connectivity index (χ1) is 13.5. The van der Waals surface area contributed by atoms with Crippen LogP contribution < -0.4 is 4.90 Å². The van der Waals surface area contributed by atoms with Crippen molar-refractivity contribution in [3.8, 4) is 0 Å². The summed E-state index contributed by atoms with van der Waals surface area (Å²) in [7, 11) is 0. The van der Waals surface area contributed by atoms with Crippen LogP contribution in [0.25, 0.3) is 0 Å². The number of carbonyl (C=O) groups is 2. The van der Waals surface area contributed by atoms with E-state index in [-0.39, 0.29) is 34.4 Å². The smallest absolute Gasteiger partial charge is 0.253 e. The molecule has 0 aromatic heterocycles. The van der Waals surface area contributed by atoms with E-state index in [4.69, 9.17) is 11.6 Å². The molecule has 5 rings (SSSR count). The highest BCUT2D eigenvalue weighted by Gasteiger charge is 2.62. The summed E-state index contributed by atoms with van der Waals surface area (Å²) in [4.78, 5) is 27.5. The number of fused-ring (bicyclic) bond motifs is 3. The molecule has 3 fully saturated rings. The molecule has 144 valence electrons. The molecule has 0 aliphatic carbocycles. The number of hydrazine groups is 1. The molecule has 8 heteroatoms. The number of carbonyl (C=O) groups excluding carboxylic acids is 2. The lowest BCUT2D eigenvalue weighted by atomic mass is 9.90. The van der Waals surface area contributed by atoms with Crippen LogP contribution in [0.3, 0.4) is 0 Å². The molecule has 3 aliphatic rings. The van der Waals surface area contributed by atoms with Gasteiger partial charge >= 0.3 is 0 Å². The zero-order chi connectivity index (χ0) is 19.6. The molecule has 3 aliphatic heterocycles. The summed E-state index contributed by atoms with van der Waals surface area (Å²) in [6, 6.07) is 8.94. The normalized spacial score (nSPS) is 27.5. The summed E-state index contributed by atoms with van der Waals surface area (Å²) < 4.78 is 27.3. The summed E-state index contributed by atoms with van der Waals surface area (Å²) in [6.45, 7) is 1.39. The highest BCUT2D eigenvalue weighted by Crippen LogP contribution is 2.49. The minimum atomic E-state index is -0.685. The fourth-order valence-electron chi connectivity index (χ4n) is 4.65. The lowest BCUT2D eigenvalue weighted by Gasteiger charge is -2.29. The second kappa shape index (κ2) is 6.34. The van der Waals surface area contributed by atoms with Crippen molar-refractivity contribution in [1.82, 2.24) is 10.0 Å². The molecule has 0 unspecified atom stereocenters. The van der Waals surface area contributed by atoms with E-state index in [0.29, 0.717) is 6.54 Å². The molecule has 0 bridgehead atoms. The molecule has 0 saturated carbocycles. The summed E-state index contributed by atoms with van der Waals surface area (Å²) in [5, 5.41) is 3.90. The first kappa shape index (κ1) is 17.7. The van der Waals surface area contributed by atoms with E-state index < -0.39 is 17.8 Å². The van der Waals surface area contributed by atoms with Crippen LogP contribution in [0.4, 0.5) is 14.5 Å². The quantitative estimate of drug-likeness (QED) is 0.723. The lowest BCUT2D eigenvalue weighted by molar-refractivity contribution is -0.126. The number of imide groups is 1. The van der Waals surface area contributed by atoms with Gasteiger partial charge in [-0.15, -0.1) is 0 Å². The molecule has 28 heavy (non-hydrogen) atoms. The summed E-state index contributed by atoms with van der Waals surface area (Å²) in [6.07, 6.45) is 0.873. The summed E-state index contributed by atoms with van der Waals surface area (Å²) in [5.41, 5.74) is 0.959. The lowest BCUT2D eigenvalue weighted by Crippen LogP contribution is -2.44. The number of nitrogens with zero attached hydrogens (tertiary/aromatic N) is 3. The van der Waals surface area contributed by atoms with Crippen molar-refractivity contribution < 1.29 is 18.4 Å². The van der Waals surface area contributed by atoms with Gasteiger partial charge in [0.2, 0.25) is 5.91 Å². The fraction of sp³-hybridized carbons (Fsp3) is 0.300. The number of amides is 2. The summed E-state index contributed by atoms with van der Waals surface area (Å²) >= 11 is 5.74. The van der Waals surface area contributed by atoms with Crippen LogP contribution in [0.1, 0.15) is 18.0 Å². The number of benzene rings is 2. The van der Waals surface area contributed by atoms with Crippen molar-refractivity contribution in [3.05, 3.63) is 64.7 Å². The van der Waals surface area contributed by atoms with Gasteiger partial charge < -0.3 is 0 Å². The molecule has 0 N–H and O–H groups in total. The number of anilines is 1. The van der Waals surface area contributed by atoms with Crippen molar-refractivity contribution in [2.45, 2.75) is 18.5 Å². The second-order valence-electron chi connectivity index (χ2n) is 7.26. The molecule has 0 spiro atoms. The Morgan fingerprint density at radius 1 is 0.893 bits per heavy atom. The second-order valence-corrected chi connectivity index (χ2v) is 7.66. The SMILES string of the molecule is O=C1[C@@H]2[C@@H](C(=O)N1c1ccc(Cl)c(F)c1)N1CCCN1[C@@H]2c1ccc(F)cc1. The first-order valence-corrected chi connectivity index (χ1v) is 9.46. The van der Waals surface area contributed by atoms with Gasteiger partial charge in [-0.05, 0) is 42.3 Å². The Bertz CT molecular complexity index is 984. The van der Waals surface area contributed by atoms with Gasteiger partial charge in [-0.2, -0.15) is 0 Å². The maximum Gasteiger partial charge on any atom is 0.253 e. The van der Waals surface area contributed by atoms with Gasteiger partial charge in [0.05, 0.1) is 22.7 Å². The van der Waals surface area contributed by atoms with Crippen molar-refractivity contribution in [1.29, 1.82) is 0 Å². The zero-order valence-electron chi connectivity index (χ0n) is 14.7. The average molecular weight is 404 g/mol. The minimum absolute atomic E-state index is 0.0713. The van der Waals surface area contributed by atoms with Gasteiger partial charge in [0.1, 0.15) is 17.7 Å². The van der Waals surface area contributed by atoms with Gasteiger partial charge in [0, 0.05) is 13.1 Å². The zero-order valence-corrected chi connectivity index (χ0v) is 15.4. The Morgan fingerprint density at radius 2 is 1.57 bits per heavy atom. The Balaban J connectivity index is 1.58. The van der Waals surface area contributed by atoms with E-state index >= 15 is 0 Å². The van der Waals surface area contributed by atoms with Gasteiger partial charge in [-0.25, -0.2) is 23.7 Å². The third-order valence-corrected chi connectivity index (χ3v) is 6.09. The number of hydrogen-bond donors (Lipinski definition) is 0. The first-order valence-electron chi connectivity index (χ1n) is 9.09. The standard InChI is InChI=1S/C20H16ClF2N3O2/c21-14-7-6-13(10-15(14)23)26-19(27)16-17(11-2-4-12(22)5-3-11)24-8-1-9-25(24)18(16)20(26)28/h2-7,10,16-18H,1,8-9H2/t16-,17+,18-/m0/s1. The third kappa shape index (κ3) is 2.43. The Labute approximate surface area is 165 Å². The molecule has 3 saturated heterocycles. The van der Waals surface area contributed by atoms with E-state index in [1.807, 2.05) is 10.0 Å². The molecule has 2 aromatic rings. The molecule has 5 nitrogen and oxygen atoms in total. The predicted octanol–water partition coefficient (Wildman–Crippen LogP) is 3.15. The molecular formula is C20H16ClF2N3O2. The minimum Gasteiger partial charge on any atom is -0.274 e. The van der Waals surface area contributed by atoms with E-state index in [2.05, 4.69) is 0 Å². The van der Waals surface area contributed by atoms with Gasteiger partial charge in [0.15, 0.2) is 0 Å². The summed E-state index contributed by atoms with van der Waals surface area (Å²) in [5.74, 6) is -2.41. The van der Waals surface area contributed by atoms with Gasteiger partial charge in [0.25, 0.3) is 5.91 Å². The Hall–Kier alpha value is -2.35. The molecule has 2 amide bonds. The number of halogens is 3. The van der Waals surface area contributed by atoms with E-state index in [1.165, 1.54) is 24.3 Å². The molecule has 2 aromatic carbocycles. The highest BCUT2D eigenvalue weighted by molar-refractivity contribution is 6.31. The number of rotatable bonds is 2. The van der Waals surface area contributed by atoms with Crippen LogP contribution in [0.2, 0.25) is 5.02 Å². The van der Waals surface area contributed by atoms with Crippen molar-refractivity contribution in [2.24, 2.45) is 5.92 Å². The van der Waals surface area contributed by atoms with Crippen molar-refractivity contribution in [3.63, 3.8) is 0 Å². The molecule has 3 heterocycles. The van der Waals surface area contributed by atoms with E-state index in [0.717, 1.165) is 29.5 Å². The van der Waals surface area contributed by atoms with Crippen LogP contribution in [0, 0.1) is 17.6 Å². The van der Waals surface area contributed by atoms with Crippen molar-refractivity contribution >= 4 is 29.1 Å². The Morgan fingerprint density at radius 3 is 2.25 bits per heavy atom. The maximum absolute atomic E-state index is 13.9. The average Bonchev–Trinajstić information content (AvgIpc) is 3.31. The molecule has 3 atom stereocenters. The molecule has 0 radical (unpaired) electrons. The van der Waals surface area contributed by atoms with E-state index in [1.54, 1.807) is 12.1 Å². The van der Waals surface area contributed by atoms with Gasteiger partial charge in [-0.1, -0.05) is 23.7 Å². The molecular weight excluding hydrogens is 388 g/mol. The largest absolute Gasteiger partial charge is 0.274 e. The number of hydrogen-bond acceptors (Lipinski definition) is 4. The van der Waals surface area contributed by atoms with Crippen LogP contribution in [-0.2, 0) is 9.59 Å². The van der Waals surface area contributed by atoms with Crippen LogP contribution in [0.15, 0.2) is 42.5 Å². The van der Waals surface area contributed by atoms with Crippen LogP contribution >= 0.6 is 11.6 Å². The van der Waals surface area contributed by atoms with E-state index in [9.17, 15) is 18.4 Å². The monoisotopic (exact) mass is 403 g/mol. The maximum atomic E-state index is 13.9. The third-order valence-electron chi connectivity index (χ3n) is 5.78. The Kier molecular flexibility index (Phi) is 4.01. The predicted molar refractivity (Wildman–Crippen MR) is 98.4 cm³/mol. The fourth-order valence-corrected chi connectivity index (χ4v) is 4.77. The van der Waals surface area contributed by atoms with Crippen molar-refractivity contribution in [2.75, 3.05) is 18.0 Å².